The predicted molar refractivity (Wildman–Crippen MR) is 104 cm³/mol. The van der Waals surface area contributed by atoms with Crippen molar-refractivity contribution in [1.82, 2.24) is 14.8 Å². The highest BCUT2D eigenvalue weighted by Crippen LogP contribution is 2.19. The van der Waals surface area contributed by atoms with Crippen molar-refractivity contribution >= 4 is 22.6 Å². The molecule has 0 unspecified atom stereocenters. The van der Waals surface area contributed by atoms with Crippen LogP contribution in [0.15, 0.2) is 72.8 Å². The third-order valence-electron chi connectivity index (χ3n) is 4.01. The van der Waals surface area contributed by atoms with Gasteiger partial charge in [-0.25, -0.2) is 4.98 Å². The Labute approximate surface area is 156 Å². The van der Waals surface area contributed by atoms with Crippen molar-refractivity contribution < 1.29 is 9.53 Å². The fourth-order valence-electron chi connectivity index (χ4n) is 2.78. The second-order valence-corrected chi connectivity index (χ2v) is 6.09. The normalized spacial score (nSPS) is 10.7. The first-order valence-corrected chi connectivity index (χ1v) is 8.59. The number of hydrogen-bond donors (Lipinski definition) is 1. The van der Waals surface area contributed by atoms with Crippen molar-refractivity contribution in [3.05, 3.63) is 78.5 Å². The molecule has 2 aromatic heterocycles. The molecule has 0 fully saturated rings. The number of anilines is 1. The molecule has 0 aliphatic carbocycles. The zero-order chi connectivity index (χ0) is 18.6. The number of fused-ring (bicyclic) bond motifs is 1. The number of carbonyl (C=O) groups is 1. The molecule has 27 heavy (non-hydrogen) atoms. The van der Waals surface area contributed by atoms with E-state index >= 15 is 0 Å². The zero-order valence-electron chi connectivity index (χ0n) is 14.8. The van der Waals surface area contributed by atoms with Crippen LogP contribution in [-0.4, -0.2) is 27.3 Å². The Balaban J connectivity index is 1.54. The Morgan fingerprint density at radius 3 is 2.67 bits per heavy atom. The minimum absolute atomic E-state index is 0.0839. The molecule has 0 saturated carbocycles. The van der Waals surface area contributed by atoms with Crippen LogP contribution in [0, 0.1) is 6.92 Å². The average molecular weight is 358 g/mol. The fourth-order valence-corrected chi connectivity index (χ4v) is 2.78. The average Bonchev–Trinajstić information content (AvgIpc) is 3.07. The lowest BCUT2D eigenvalue weighted by atomic mass is 10.2. The highest BCUT2D eigenvalue weighted by atomic mass is 16.5. The second-order valence-electron chi connectivity index (χ2n) is 6.09. The van der Waals surface area contributed by atoms with E-state index in [1.165, 1.54) is 0 Å². The number of para-hydroxylation sites is 2. The maximum Gasteiger partial charge on any atom is 0.263 e. The topological polar surface area (TPSA) is 69.0 Å². The van der Waals surface area contributed by atoms with Crippen LogP contribution in [0.1, 0.15) is 5.69 Å². The molecule has 1 N–H and O–H groups in total. The molecule has 6 heteroatoms. The summed E-state index contributed by atoms with van der Waals surface area (Å²) in [5.74, 6) is 1.58. The maximum absolute atomic E-state index is 12.3. The number of ether oxygens (including phenoxy) is 1. The number of benzene rings is 2. The van der Waals surface area contributed by atoms with Gasteiger partial charge in [-0.3, -0.25) is 4.79 Å². The Bertz CT molecular complexity index is 1090. The molecule has 0 spiro atoms. The van der Waals surface area contributed by atoms with Gasteiger partial charge in [0.05, 0.1) is 11.2 Å². The summed E-state index contributed by atoms with van der Waals surface area (Å²) in [6.07, 6.45) is 0. The quantitative estimate of drug-likeness (QED) is 0.590. The van der Waals surface area contributed by atoms with E-state index in [4.69, 9.17) is 4.74 Å². The van der Waals surface area contributed by atoms with Crippen LogP contribution in [0.5, 0.6) is 5.75 Å². The number of aryl methyl sites for hydroxylation is 1. The second kappa shape index (κ2) is 7.29. The molecule has 4 aromatic rings. The summed E-state index contributed by atoms with van der Waals surface area (Å²) >= 11 is 0. The summed E-state index contributed by atoms with van der Waals surface area (Å²) in [4.78, 5) is 16.9. The number of amides is 1. The van der Waals surface area contributed by atoms with Gasteiger partial charge in [0, 0.05) is 11.5 Å². The lowest BCUT2D eigenvalue weighted by molar-refractivity contribution is -0.118. The van der Waals surface area contributed by atoms with Crippen LogP contribution >= 0.6 is 0 Å². The van der Waals surface area contributed by atoms with Crippen LogP contribution in [0.2, 0.25) is 0 Å². The molecule has 2 heterocycles. The van der Waals surface area contributed by atoms with Gasteiger partial charge >= 0.3 is 0 Å². The van der Waals surface area contributed by atoms with Crippen LogP contribution in [0.3, 0.4) is 0 Å². The van der Waals surface area contributed by atoms with E-state index in [-0.39, 0.29) is 12.5 Å². The van der Waals surface area contributed by atoms with E-state index in [2.05, 4.69) is 15.4 Å². The van der Waals surface area contributed by atoms with Crippen molar-refractivity contribution in [1.29, 1.82) is 0 Å². The molecule has 0 saturated heterocycles. The van der Waals surface area contributed by atoms with Gasteiger partial charge in [0.15, 0.2) is 12.4 Å². The van der Waals surface area contributed by atoms with Crippen LogP contribution in [0.25, 0.3) is 16.7 Å². The molecule has 0 aliphatic rings. The van der Waals surface area contributed by atoms with E-state index in [0.29, 0.717) is 17.4 Å². The molecule has 0 atom stereocenters. The Kier molecular flexibility index (Phi) is 4.53. The number of nitrogens with one attached hydrogen (secondary N) is 1. The van der Waals surface area contributed by atoms with Crippen molar-refractivity contribution in [3.8, 4) is 11.6 Å². The first-order valence-electron chi connectivity index (χ1n) is 8.59. The van der Waals surface area contributed by atoms with Crippen LogP contribution < -0.4 is 10.1 Å². The summed E-state index contributed by atoms with van der Waals surface area (Å²) in [6.45, 7) is 1.78. The highest BCUT2D eigenvalue weighted by Gasteiger charge is 2.13. The summed E-state index contributed by atoms with van der Waals surface area (Å²) < 4.78 is 7.12. The summed E-state index contributed by atoms with van der Waals surface area (Å²) in [5.41, 5.74) is 1.65. The van der Waals surface area contributed by atoms with Gasteiger partial charge < -0.3 is 10.1 Å². The Morgan fingerprint density at radius 1 is 1.04 bits per heavy atom. The highest BCUT2D eigenvalue weighted by molar-refractivity contribution is 5.91. The van der Waals surface area contributed by atoms with Gasteiger partial charge in [-0.05, 0) is 37.3 Å². The lowest BCUT2D eigenvalue weighted by Crippen LogP contribution is -2.22. The molecule has 6 nitrogen and oxygen atoms in total. The maximum atomic E-state index is 12.3. The Hall–Kier alpha value is -3.67. The van der Waals surface area contributed by atoms with Crippen molar-refractivity contribution in [3.63, 3.8) is 0 Å². The van der Waals surface area contributed by atoms with E-state index in [0.717, 1.165) is 16.6 Å². The molecule has 4 rings (SSSR count). The van der Waals surface area contributed by atoms with E-state index in [1.54, 1.807) is 22.9 Å². The number of nitrogens with zero attached hydrogens (tertiary/aromatic N) is 3. The molecule has 2 aromatic carbocycles. The molecule has 134 valence electrons. The number of pyridine rings is 1. The molecule has 0 aliphatic heterocycles. The minimum atomic E-state index is -0.263. The predicted octanol–water partition coefficient (Wildman–Crippen LogP) is 3.75. The first-order chi connectivity index (χ1) is 13.2. The molecule has 0 bridgehead atoms. The van der Waals surface area contributed by atoms with Gasteiger partial charge in [0.25, 0.3) is 5.91 Å². The third kappa shape index (κ3) is 3.79. The summed E-state index contributed by atoms with van der Waals surface area (Å²) in [6, 6.07) is 22.8. The number of carbonyl (C=O) groups excluding carboxylic acids is 1. The lowest BCUT2D eigenvalue weighted by Gasteiger charge is -2.10. The monoisotopic (exact) mass is 358 g/mol. The van der Waals surface area contributed by atoms with Crippen LogP contribution in [0.4, 0.5) is 5.82 Å². The van der Waals surface area contributed by atoms with E-state index in [9.17, 15) is 4.79 Å². The van der Waals surface area contributed by atoms with Crippen LogP contribution in [-0.2, 0) is 4.79 Å². The minimum Gasteiger partial charge on any atom is -0.484 e. The molecular weight excluding hydrogens is 340 g/mol. The van der Waals surface area contributed by atoms with Crippen molar-refractivity contribution in [2.24, 2.45) is 0 Å². The van der Waals surface area contributed by atoms with Gasteiger partial charge in [-0.15, -0.1) is 0 Å². The van der Waals surface area contributed by atoms with E-state index < -0.39 is 0 Å². The van der Waals surface area contributed by atoms with Gasteiger partial charge in [0.2, 0.25) is 0 Å². The summed E-state index contributed by atoms with van der Waals surface area (Å²) in [7, 11) is 0. The smallest absolute Gasteiger partial charge is 0.263 e. The molecule has 1 amide bonds. The summed E-state index contributed by atoms with van der Waals surface area (Å²) in [5, 5.41) is 8.35. The van der Waals surface area contributed by atoms with Crippen molar-refractivity contribution in [2.45, 2.75) is 6.92 Å². The van der Waals surface area contributed by atoms with Gasteiger partial charge in [0.1, 0.15) is 11.6 Å². The number of rotatable bonds is 5. The van der Waals surface area contributed by atoms with Gasteiger partial charge in [-0.1, -0.05) is 36.4 Å². The first kappa shape index (κ1) is 16.8. The number of aromatic nitrogens is 3. The Morgan fingerprint density at radius 2 is 1.81 bits per heavy atom. The van der Waals surface area contributed by atoms with E-state index in [1.807, 2.05) is 61.5 Å². The SMILES string of the molecule is Cc1cc(NC(=O)COc2ccccc2)n(-c2ccc3ccccc3n2)n1. The zero-order valence-corrected chi connectivity index (χ0v) is 14.8. The largest absolute Gasteiger partial charge is 0.484 e. The van der Waals surface area contributed by atoms with Crippen molar-refractivity contribution in [2.75, 3.05) is 11.9 Å². The number of hydrogen-bond acceptors (Lipinski definition) is 4. The molecular formula is C21H18N4O2. The third-order valence-corrected chi connectivity index (χ3v) is 4.01. The molecule has 0 radical (unpaired) electrons. The fraction of sp³-hybridized carbons (Fsp3) is 0.0952. The van der Waals surface area contributed by atoms with Gasteiger partial charge in [-0.2, -0.15) is 9.78 Å². The standard InChI is InChI=1S/C21H18N4O2/c1-15-13-20(23-21(26)14-27-17-8-3-2-4-9-17)25(24-15)19-12-11-16-7-5-6-10-18(16)22-19/h2-13H,14H2,1H3,(H,23,26).